The monoisotopic (exact) mass is 434 g/mol. The zero-order valence-electron chi connectivity index (χ0n) is 19.3. The molecule has 7 aliphatic rings. The molecule has 6 nitrogen and oxygen atoms in total. The normalized spacial score (nSPS) is 58.5. The van der Waals surface area contributed by atoms with Gasteiger partial charge in [-0.1, -0.05) is 13.8 Å². The Morgan fingerprint density at radius 1 is 0.742 bits per heavy atom. The number of rotatable bonds is 1. The van der Waals surface area contributed by atoms with Crippen LogP contribution in [0.4, 0.5) is 0 Å². The summed E-state index contributed by atoms with van der Waals surface area (Å²) in [4.78, 5) is 0. The van der Waals surface area contributed by atoms with Crippen molar-refractivity contribution in [3.63, 3.8) is 0 Å². The first-order valence-corrected chi connectivity index (χ1v) is 12.7. The smallest absolute Gasteiger partial charge is 0.195 e. The molecule has 0 aromatic rings. The van der Waals surface area contributed by atoms with Crippen LogP contribution in [0.15, 0.2) is 0 Å². The summed E-state index contributed by atoms with van der Waals surface area (Å²) in [5.41, 5.74) is -0.989. The number of hydrogen-bond acceptors (Lipinski definition) is 6. The van der Waals surface area contributed by atoms with Crippen molar-refractivity contribution in [3.05, 3.63) is 0 Å². The van der Waals surface area contributed by atoms with Gasteiger partial charge in [-0.3, -0.25) is 0 Å². The van der Waals surface area contributed by atoms with E-state index < -0.39 is 17.2 Å². The van der Waals surface area contributed by atoms with Gasteiger partial charge in [0.05, 0.1) is 32.5 Å². The van der Waals surface area contributed by atoms with Crippen LogP contribution in [0, 0.1) is 28.6 Å². The average molecular weight is 435 g/mol. The summed E-state index contributed by atoms with van der Waals surface area (Å²) in [7, 11) is 0. The van der Waals surface area contributed by atoms with E-state index >= 15 is 0 Å². The lowest BCUT2D eigenvalue weighted by Gasteiger charge is -2.61. The molecule has 2 spiro atoms. The summed E-state index contributed by atoms with van der Waals surface area (Å²) < 4.78 is 31.0. The lowest BCUT2D eigenvalue weighted by Crippen LogP contribution is -2.65. The highest BCUT2D eigenvalue weighted by atomic mass is 16.8. The van der Waals surface area contributed by atoms with Crippen molar-refractivity contribution in [2.45, 2.75) is 101 Å². The Bertz CT molecular complexity index is 789. The van der Waals surface area contributed by atoms with E-state index in [1.54, 1.807) is 0 Å². The molecule has 31 heavy (non-hydrogen) atoms. The minimum absolute atomic E-state index is 0.0664. The molecule has 4 saturated carbocycles. The minimum atomic E-state index is -0.922. The Morgan fingerprint density at radius 2 is 1.39 bits per heavy atom. The molecule has 8 atom stereocenters. The lowest BCUT2D eigenvalue weighted by molar-refractivity contribution is -0.301. The van der Waals surface area contributed by atoms with E-state index in [0.29, 0.717) is 50.3 Å². The van der Waals surface area contributed by atoms with Crippen LogP contribution in [-0.2, 0) is 23.7 Å². The predicted molar refractivity (Wildman–Crippen MR) is 111 cm³/mol. The zero-order valence-corrected chi connectivity index (χ0v) is 19.3. The summed E-state index contributed by atoms with van der Waals surface area (Å²) >= 11 is 0. The molecule has 4 aliphatic carbocycles. The summed E-state index contributed by atoms with van der Waals surface area (Å²) in [5, 5.41) is 12.1. The highest BCUT2D eigenvalue weighted by molar-refractivity contribution is 5.27. The van der Waals surface area contributed by atoms with Crippen molar-refractivity contribution in [1.29, 1.82) is 0 Å². The molecule has 4 unspecified atom stereocenters. The highest BCUT2D eigenvalue weighted by Gasteiger charge is 2.80. The van der Waals surface area contributed by atoms with Crippen LogP contribution in [0.25, 0.3) is 0 Å². The van der Waals surface area contributed by atoms with Crippen LogP contribution in [-0.4, -0.2) is 60.4 Å². The van der Waals surface area contributed by atoms with E-state index in [1.807, 2.05) is 6.92 Å². The zero-order chi connectivity index (χ0) is 21.3. The van der Waals surface area contributed by atoms with Crippen molar-refractivity contribution >= 4 is 0 Å². The second-order valence-electron chi connectivity index (χ2n) is 12.3. The van der Waals surface area contributed by atoms with Crippen LogP contribution >= 0.6 is 0 Å². The van der Waals surface area contributed by atoms with E-state index in [-0.39, 0.29) is 16.4 Å². The van der Waals surface area contributed by atoms with Crippen molar-refractivity contribution in [2.24, 2.45) is 28.6 Å². The molecule has 3 saturated heterocycles. The van der Waals surface area contributed by atoms with E-state index in [4.69, 9.17) is 23.7 Å². The van der Waals surface area contributed by atoms with Gasteiger partial charge < -0.3 is 28.8 Å². The van der Waals surface area contributed by atoms with E-state index in [0.717, 1.165) is 51.4 Å². The van der Waals surface area contributed by atoms with Gasteiger partial charge in [0.2, 0.25) is 0 Å². The van der Waals surface area contributed by atoms with Gasteiger partial charge in [-0.05, 0) is 63.2 Å². The molecule has 0 amide bonds. The fourth-order valence-electron chi connectivity index (χ4n) is 9.88. The molecule has 3 aliphatic heterocycles. The summed E-state index contributed by atoms with van der Waals surface area (Å²) in [5.74, 6) is 0.459. The van der Waals surface area contributed by atoms with Crippen LogP contribution in [0.1, 0.15) is 72.1 Å². The average Bonchev–Trinajstić information content (AvgIpc) is 3.07. The minimum Gasteiger partial charge on any atom is -0.384 e. The molecule has 7 rings (SSSR count). The molecule has 0 bridgehead atoms. The van der Waals surface area contributed by atoms with Gasteiger partial charge in [0.1, 0.15) is 11.2 Å². The fourth-order valence-corrected chi connectivity index (χ4v) is 9.88. The first kappa shape index (κ1) is 20.2. The number of ether oxygens (including phenoxy) is 5. The first-order valence-electron chi connectivity index (χ1n) is 12.7. The lowest BCUT2D eigenvalue weighted by atomic mass is 9.43. The number of fused-ring (bicyclic) bond motifs is 4. The van der Waals surface area contributed by atoms with Gasteiger partial charge in [0.15, 0.2) is 11.6 Å². The topological polar surface area (TPSA) is 69.7 Å². The standard InChI is InChI=1S/C25H38O6/c1-20-8-9-23(29-12-13-30-23)15-24(20)19(31-24)14-16-17(20)4-6-21(2)18(16)5-7-25(21,26)22(3)27-10-11-28-22/h16-19,26H,4-15H2,1-3H3/t16?,17?,18?,19?,20-,21+,24-,25-/m1/s1. The largest absolute Gasteiger partial charge is 0.384 e. The van der Waals surface area contributed by atoms with Gasteiger partial charge in [-0.15, -0.1) is 0 Å². The molecule has 7 fully saturated rings. The first-order chi connectivity index (χ1) is 14.7. The SMILES string of the molecule is CC1([C@@]2(O)CCC3C4CC5O[C@]56CC5(CC[C@]6(C)C4CC[C@@]32C)OCCO5)OCCO1. The quantitative estimate of drug-likeness (QED) is 0.638. The fraction of sp³-hybridized carbons (Fsp3) is 1.00. The Balaban J connectivity index is 1.21. The number of epoxide rings is 1. The van der Waals surface area contributed by atoms with Crippen LogP contribution in [0.5, 0.6) is 0 Å². The summed E-state index contributed by atoms with van der Waals surface area (Å²) in [6.07, 6.45) is 8.44. The van der Waals surface area contributed by atoms with E-state index in [9.17, 15) is 5.11 Å². The molecule has 0 aromatic carbocycles. The maximum atomic E-state index is 12.1. The highest BCUT2D eigenvalue weighted by Crippen LogP contribution is 2.76. The van der Waals surface area contributed by atoms with Gasteiger partial charge >= 0.3 is 0 Å². The van der Waals surface area contributed by atoms with Gasteiger partial charge in [0, 0.05) is 23.7 Å². The Morgan fingerprint density at radius 3 is 2.13 bits per heavy atom. The van der Waals surface area contributed by atoms with Crippen LogP contribution < -0.4 is 0 Å². The molecular weight excluding hydrogens is 396 g/mol. The number of hydrogen-bond donors (Lipinski definition) is 1. The maximum Gasteiger partial charge on any atom is 0.195 e. The van der Waals surface area contributed by atoms with Crippen molar-refractivity contribution in [2.75, 3.05) is 26.4 Å². The Labute approximate surface area is 185 Å². The third-order valence-corrected chi connectivity index (χ3v) is 11.6. The van der Waals surface area contributed by atoms with E-state index in [2.05, 4.69) is 13.8 Å². The third-order valence-electron chi connectivity index (χ3n) is 11.6. The number of aliphatic hydroxyl groups is 1. The van der Waals surface area contributed by atoms with Crippen molar-refractivity contribution < 1.29 is 28.8 Å². The van der Waals surface area contributed by atoms with Gasteiger partial charge in [-0.25, -0.2) is 0 Å². The third kappa shape index (κ3) is 2.17. The van der Waals surface area contributed by atoms with Crippen LogP contribution in [0.3, 0.4) is 0 Å². The second kappa shape index (κ2) is 5.87. The molecule has 174 valence electrons. The van der Waals surface area contributed by atoms with Crippen LogP contribution in [0.2, 0.25) is 0 Å². The molecular formula is C25H38O6. The maximum absolute atomic E-state index is 12.1. The second-order valence-corrected chi connectivity index (χ2v) is 12.3. The predicted octanol–water partition coefficient (Wildman–Crippen LogP) is 3.40. The van der Waals surface area contributed by atoms with E-state index in [1.165, 1.54) is 0 Å². The van der Waals surface area contributed by atoms with Crippen molar-refractivity contribution in [3.8, 4) is 0 Å². The van der Waals surface area contributed by atoms with Crippen molar-refractivity contribution in [1.82, 2.24) is 0 Å². The Hall–Kier alpha value is -0.240. The molecule has 0 aromatic heterocycles. The Kier molecular flexibility index (Phi) is 3.82. The molecule has 3 heterocycles. The molecule has 1 N–H and O–H groups in total. The van der Waals surface area contributed by atoms with Gasteiger partial charge in [0.25, 0.3) is 0 Å². The van der Waals surface area contributed by atoms with Gasteiger partial charge in [-0.2, -0.15) is 0 Å². The summed E-state index contributed by atoms with van der Waals surface area (Å²) in [6.45, 7) is 9.38. The molecule has 6 heteroatoms. The molecule has 0 radical (unpaired) electrons. The summed E-state index contributed by atoms with van der Waals surface area (Å²) in [6, 6.07) is 0.